The SMILES string of the molecule is CSc1ccc(C(=O)N(C)c2cccc(N)c2)cc1. The Morgan fingerprint density at radius 1 is 1.16 bits per heavy atom. The smallest absolute Gasteiger partial charge is 0.258 e. The molecule has 3 nitrogen and oxygen atoms in total. The van der Waals surface area contributed by atoms with Gasteiger partial charge in [-0.3, -0.25) is 4.79 Å². The summed E-state index contributed by atoms with van der Waals surface area (Å²) in [7, 11) is 1.75. The molecule has 0 bridgehead atoms. The van der Waals surface area contributed by atoms with E-state index in [1.807, 2.05) is 42.7 Å². The Morgan fingerprint density at radius 2 is 1.84 bits per heavy atom. The monoisotopic (exact) mass is 272 g/mol. The van der Waals surface area contributed by atoms with Crippen molar-refractivity contribution in [3.05, 3.63) is 54.1 Å². The summed E-state index contributed by atoms with van der Waals surface area (Å²) in [5.74, 6) is -0.0433. The first-order valence-electron chi connectivity index (χ1n) is 5.89. The molecule has 2 aromatic carbocycles. The van der Waals surface area contributed by atoms with Gasteiger partial charge >= 0.3 is 0 Å². The minimum Gasteiger partial charge on any atom is -0.399 e. The molecule has 0 saturated heterocycles. The van der Waals surface area contributed by atoms with Crippen LogP contribution in [0.4, 0.5) is 11.4 Å². The number of nitrogens with two attached hydrogens (primary N) is 1. The molecule has 0 heterocycles. The number of benzene rings is 2. The van der Waals surface area contributed by atoms with E-state index in [-0.39, 0.29) is 5.91 Å². The standard InChI is InChI=1S/C15H16N2OS/c1-17(13-5-3-4-12(16)10-13)15(18)11-6-8-14(19-2)9-7-11/h3-10H,16H2,1-2H3. The van der Waals surface area contributed by atoms with Gasteiger partial charge in [0.1, 0.15) is 0 Å². The van der Waals surface area contributed by atoms with Gasteiger partial charge in [-0.25, -0.2) is 0 Å². The van der Waals surface area contributed by atoms with E-state index < -0.39 is 0 Å². The minimum atomic E-state index is -0.0433. The lowest BCUT2D eigenvalue weighted by Crippen LogP contribution is -2.26. The van der Waals surface area contributed by atoms with E-state index in [2.05, 4.69) is 0 Å². The maximum atomic E-state index is 12.3. The molecule has 0 aliphatic carbocycles. The zero-order valence-corrected chi connectivity index (χ0v) is 11.8. The third kappa shape index (κ3) is 3.09. The van der Waals surface area contributed by atoms with Gasteiger partial charge in [0.15, 0.2) is 0 Å². The predicted molar refractivity (Wildman–Crippen MR) is 81.8 cm³/mol. The van der Waals surface area contributed by atoms with Crippen molar-refractivity contribution in [2.45, 2.75) is 4.90 Å². The van der Waals surface area contributed by atoms with E-state index in [1.54, 1.807) is 35.8 Å². The number of hydrogen-bond donors (Lipinski definition) is 1. The Kier molecular flexibility index (Phi) is 4.12. The number of thioether (sulfide) groups is 1. The second kappa shape index (κ2) is 5.80. The summed E-state index contributed by atoms with van der Waals surface area (Å²) in [4.78, 5) is 15.1. The van der Waals surface area contributed by atoms with E-state index in [4.69, 9.17) is 5.73 Å². The van der Waals surface area contributed by atoms with Gasteiger partial charge in [-0.2, -0.15) is 0 Å². The molecule has 0 aliphatic rings. The van der Waals surface area contributed by atoms with Crippen LogP contribution in [0.5, 0.6) is 0 Å². The molecule has 2 aromatic rings. The van der Waals surface area contributed by atoms with Crippen LogP contribution in [0, 0.1) is 0 Å². The van der Waals surface area contributed by atoms with Crippen LogP contribution in [-0.2, 0) is 0 Å². The van der Waals surface area contributed by atoms with Crippen LogP contribution in [-0.4, -0.2) is 19.2 Å². The maximum absolute atomic E-state index is 12.3. The second-order valence-corrected chi connectivity index (χ2v) is 5.07. The first-order chi connectivity index (χ1) is 9.11. The molecule has 0 spiro atoms. The average Bonchev–Trinajstić information content (AvgIpc) is 2.46. The van der Waals surface area contributed by atoms with Crippen LogP contribution >= 0.6 is 11.8 Å². The van der Waals surface area contributed by atoms with Crippen LogP contribution in [0.3, 0.4) is 0 Å². The summed E-state index contributed by atoms with van der Waals surface area (Å²) in [5.41, 5.74) is 7.84. The van der Waals surface area contributed by atoms with Gasteiger partial charge in [0, 0.05) is 28.9 Å². The van der Waals surface area contributed by atoms with Crippen LogP contribution in [0.1, 0.15) is 10.4 Å². The number of anilines is 2. The predicted octanol–water partition coefficient (Wildman–Crippen LogP) is 3.27. The number of carbonyl (C=O) groups is 1. The first-order valence-corrected chi connectivity index (χ1v) is 7.12. The molecule has 0 unspecified atom stereocenters. The number of nitrogens with zero attached hydrogens (tertiary/aromatic N) is 1. The largest absolute Gasteiger partial charge is 0.399 e. The number of nitrogen functional groups attached to an aromatic ring is 1. The number of rotatable bonds is 3. The molecule has 19 heavy (non-hydrogen) atoms. The molecule has 0 fully saturated rings. The fourth-order valence-electron chi connectivity index (χ4n) is 1.78. The number of hydrogen-bond acceptors (Lipinski definition) is 3. The summed E-state index contributed by atoms with van der Waals surface area (Å²) in [6.45, 7) is 0. The third-order valence-corrected chi connectivity index (χ3v) is 3.64. The lowest BCUT2D eigenvalue weighted by molar-refractivity contribution is 0.0993. The van der Waals surface area contributed by atoms with Crippen molar-refractivity contribution in [1.29, 1.82) is 0 Å². The van der Waals surface area contributed by atoms with Crippen LogP contribution < -0.4 is 10.6 Å². The Balaban J connectivity index is 2.23. The summed E-state index contributed by atoms with van der Waals surface area (Å²) < 4.78 is 0. The van der Waals surface area contributed by atoms with Gasteiger partial charge in [-0.1, -0.05) is 6.07 Å². The molecule has 1 amide bonds. The highest BCUT2D eigenvalue weighted by molar-refractivity contribution is 7.98. The molecule has 0 atom stereocenters. The summed E-state index contributed by atoms with van der Waals surface area (Å²) in [6.07, 6.45) is 2.01. The highest BCUT2D eigenvalue weighted by Gasteiger charge is 2.13. The van der Waals surface area contributed by atoms with Crippen molar-refractivity contribution in [3.8, 4) is 0 Å². The highest BCUT2D eigenvalue weighted by atomic mass is 32.2. The van der Waals surface area contributed by atoms with E-state index in [0.717, 1.165) is 10.6 Å². The maximum Gasteiger partial charge on any atom is 0.258 e. The first kappa shape index (κ1) is 13.5. The molecule has 0 radical (unpaired) electrons. The van der Waals surface area contributed by atoms with E-state index in [9.17, 15) is 4.79 Å². The Bertz CT molecular complexity index is 581. The Labute approximate surface area is 117 Å². The lowest BCUT2D eigenvalue weighted by atomic mass is 10.2. The molecule has 2 rings (SSSR count). The normalized spacial score (nSPS) is 10.2. The molecule has 4 heteroatoms. The number of carbonyl (C=O) groups excluding carboxylic acids is 1. The molecule has 2 N–H and O–H groups in total. The molecular weight excluding hydrogens is 256 g/mol. The van der Waals surface area contributed by atoms with Crippen molar-refractivity contribution < 1.29 is 4.79 Å². The van der Waals surface area contributed by atoms with Crippen molar-refractivity contribution in [3.63, 3.8) is 0 Å². The highest BCUT2D eigenvalue weighted by Crippen LogP contribution is 2.20. The summed E-state index contributed by atoms with van der Waals surface area (Å²) >= 11 is 1.65. The molecule has 0 saturated carbocycles. The van der Waals surface area contributed by atoms with Crippen LogP contribution in [0.2, 0.25) is 0 Å². The van der Waals surface area contributed by atoms with Crippen LogP contribution in [0.15, 0.2) is 53.4 Å². The summed E-state index contributed by atoms with van der Waals surface area (Å²) in [6, 6.07) is 14.9. The van der Waals surface area contributed by atoms with Gasteiger partial charge in [0.05, 0.1) is 0 Å². The topological polar surface area (TPSA) is 46.3 Å². The average molecular weight is 272 g/mol. The third-order valence-electron chi connectivity index (χ3n) is 2.90. The number of amides is 1. The zero-order chi connectivity index (χ0) is 13.8. The van der Waals surface area contributed by atoms with Crippen LogP contribution in [0.25, 0.3) is 0 Å². The Morgan fingerprint density at radius 3 is 2.42 bits per heavy atom. The Hall–Kier alpha value is -1.94. The minimum absolute atomic E-state index is 0.0433. The molecular formula is C15H16N2OS. The summed E-state index contributed by atoms with van der Waals surface area (Å²) in [5, 5.41) is 0. The van der Waals surface area contributed by atoms with Crippen molar-refractivity contribution in [2.75, 3.05) is 23.9 Å². The van der Waals surface area contributed by atoms with Gasteiger partial charge in [-0.05, 0) is 48.7 Å². The van der Waals surface area contributed by atoms with E-state index in [0.29, 0.717) is 11.3 Å². The fourth-order valence-corrected chi connectivity index (χ4v) is 2.19. The molecule has 98 valence electrons. The quantitative estimate of drug-likeness (QED) is 0.689. The fraction of sp³-hybridized carbons (Fsp3) is 0.133. The van der Waals surface area contributed by atoms with Crippen molar-refractivity contribution in [2.24, 2.45) is 0 Å². The molecule has 0 aliphatic heterocycles. The van der Waals surface area contributed by atoms with Gasteiger partial charge < -0.3 is 10.6 Å². The van der Waals surface area contributed by atoms with Crippen molar-refractivity contribution in [1.82, 2.24) is 0 Å². The zero-order valence-electron chi connectivity index (χ0n) is 11.0. The lowest BCUT2D eigenvalue weighted by Gasteiger charge is -2.18. The van der Waals surface area contributed by atoms with E-state index in [1.165, 1.54) is 0 Å². The van der Waals surface area contributed by atoms with E-state index >= 15 is 0 Å². The molecule has 0 aromatic heterocycles. The van der Waals surface area contributed by atoms with Gasteiger partial charge in [0.25, 0.3) is 5.91 Å². The van der Waals surface area contributed by atoms with Gasteiger partial charge in [-0.15, -0.1) is 11.8 Å². The van der Waals surface area contributed by atoms with Gasteiger partial charge in [0.2, 0.25) is 0 Å². The second-order valence-electron chi connectivity index (χ2n) is 4.19. The van der Waals surface area contributed by atoms with Crippen molar-refractivity contribution >= 4 is 29.0 Å².